The van der Waals surface area contributed by atoms with Gasteiger partial charge in [0.1, 0.15) is 11.4 Å². The standard InChI is InChI=1S/C29H37FN4O4/c1-19-18-33(28(37)38-29(2,3)4)14-15-34(19)27(36)20-8-11-24(12-9-20)32-26(35)22-10-13-25(31-17-22)21-6-5-7-23(30)16-21/h5-7,10,13,16-17,19-20,24H,8-9,11-12,14-15,18H2,1-4H3,(H,32,35)/t19-,20?,24?/m0/s1. The smallest absolute Gasteiger partial charge is 0.410 e. The van der Waals surface area contributed by atoms with Crippen molar-refractivity contribution in [3.63, 3.8) is 0 Å². The Morgan fingerprint density at radius 1 is 1.05 bits per heavy atom. The fourth-order valence-electron chi connectivity index (χ4n) is 5.11. The van der Waals surface area contributed by atoms with Crippen molar-refractivity contribution in [3.05, 3.63) is 54.0 Å². The largest absolute Gasteiger partial charge is 0.444 e. The van der Waals surface area contributed by atoms with E-state index in [0.29, 0.717) is 49.3 Å². The zero-order chi connectivity index (χ0) is 27.4. The maximum Gasteiger partial charge on any atom is 0.410 e. The van der Waals surface area contributed by atoms with Crippen LogP contribution in [0.25, 0.3) is 11.3 Å². The number of amides is 3. The highest BCUT2D eigenvalue weighted by Crippen LogP contribution is 2.28. The number of piperazine rings is 1. The molecule has 2 fully saturated rings. The maximum absolute atomic E-state index is 13.5. The molecule has 1 aliphatic heterocycles. The molecule has 3 amide bonds. The van der Waals surface area contributed by atoms with Crippen molar-refractivity contribution in [1.29, 1.82) is 0 Å². The molecule has 0 unspecified atom stereocenters. The van der Waals surface area contributed by atoms with Crippen LogP contribution in [-0.4, -0.2) is 70.0 Å². The van der Waals surface area contributed by atoms with Crippen LogP contribution in [0, 0.1) is 11.7 Å². The molecule has 1 saturated carbocycles. The van der Waals surface area contributed by atoms with Crippen LogP contribution in [0.1, 0.15) is 63.7 Å². The summed E-state index contributed by atoms with van der Waals surface area (Å²) in [5.41, 5.74) is 1.14. The van der Waals surface area contributed by atoms with E-state index in [9.17, 15) is 18.8 Å². The van der Waals surface area contributed by atoms with Crippen molar-refractivity contribution in [2.45, 2.75) is 71.1 Å². The van der Waals surface area contributed by atoms with E-state index in [0.717, 1.165) is 12.8 Å². The van der Waals surface area contributed by atoms with E-state index in [4.69, 9.17) is 4.74 Å². The van der Waals surface area contributed by atoms with Gasteiger partial charge in [0.05, 0.1) is 11.3 Å². The lowest BCUT2D eigenvalue weighted by Crippen LogP contribution is -2.57. The summed E-state index contributed by atoms with van der Waals surface area (Å²) in [6, 6.07) is 9.49. The molecular weight excluding hydrogens is 487 g/mol. The van der Waals surface area contributed by atoms with Gasteiger partial charge in [0.25, 0.3) is 5.91 Å². The van der Waals surface area contributed by atoms with Gasteiger partial charge in [-0.1, -0.05) is 12.1 Å². The molecule has 2 heterocycles. The van der Waals surface area contributed by atoms with Gasteiger partial charge >= 0.3 is 6.09 Å². The monoisotopic (exact) mass is 524 g/mol. The minimum Gasteiger partial charge on any atom is -0.444 e. The molecule has 8 nitrogen and oxygen atoms in total. The number of nitrogens with one attached hydrogen (secondary N) is 1. The minimum absolute atomic E-state index is 0.00381. The van der Waals surface area contributed by atoms with Crippen molar-refractivity contribution < 1.29 is 23.5 Å². The average Bonchev–Trinajstić information content (AvgIpc) is 2.88. The Balaban J connectivity index is 1.24. The number of hydrogen-bond donors (Lipinski definition) is 1. The first-order valence-corrected chi connectivity index (χ1v) is 13.3. The van der Waals surface area contributed by atoms with Crippen molar-refractivity contribution in [1.82, 2.24) is 20.1 Å². The Kier molecular flexibility index (Phi) is 8.33. The molecule has 9 heteroatoms. The lowest BCUT2D eigenvalue weighted by atomic mass is 9.84. The predicted octanol–water partition coefficient (Wildman–Crippen LogP) is 4.64. The van der Waals surface area contributed by atoms with E-state index in [-0.39, 0.29) is 41.7 Å². The van der Waals surface area contributed by atoms with Crippen LogP contribution in [0.5, 0.6) is 0 Å². The summed E-state index contributed by atoms with van der Waals surface area (Å²) < 4.78 is 19.0. The summed E-state index contributed by atoms with van der Waals surface area (Å²) in [5, 5.41) is 3.07. The summed E-state index contributed by atoms with van der Waals surface area (Å²) in [5.74, 6) is -0.489. The first kappa shape index (κ1) is 27.5. The van der Waals surface area contributed by atoms with Crippen LogP contribution < -0.4 is 5.32 Å². The molecule has 0 radical (unpaired) electrons. The van der Waals surface area contributed by atoms with Gasteiger partial charge in [-0.05, 0) is 77.6 Å². The first-order chi connectivity index (χ1) is 18.0. The Hall–Kier alpha value is -3.49. The van der Waals surface area contributed by atoms with Gasteiger partial charge in [-0.25, -0.2) is 9.18 Å². The van der Waals surface area contributed by atoms with Gasteiger partial charge in [0.15, 0.2) is 0 Å². The number of carbonyl (C=O) groups excluding carboxylic acids is 3. The fourth-order valence-corrected chi connectivity index (χ4v) is 5.11. The molecule has 1 aliphatic carbocycles. The first-order valence-electron chi connectivity index (χ1n) is 13.3. The highest BCUT2D eigenvalue weighted by molar-refractivity contribution is 5.94. The fraction of sp³-hybridized carbons (Fsp3) is 0.517. The molecule has 38 heavy (non-hydrogen) atoms. The van der Waals surface area contributed by atoms with E-state index in [1.807, 2.05) is 32.6 Å². The van der Waals surface area contributed by atoms with E-state index < -0.39 is 5.60 Å². The highest BCUT2D eigenvalue weighted by atomic mass is 19.1. The molecule has 2 aromatic rings. The van der Waals surface area contributed by atoms with Crippen LogP contribution in [0.3, 0.4) is 0 Å². The summed E-state index contributed by atoms with van der Waals surface area (Å²) in [6.07, 6.45) is 4.03. The molecule has 0 bridgehead atoms. The molecule has 1 saturated heterocycles. The van der Waals surface area contributed by atoms with Crippen LogP contribution in [0.2, 0.25) is 0 Å². The van der Waals surface area contributed by atoms with Gasteiger partial charge < -0.3 is 19.9 Å². The summed E-state index contributed by atoms with van der Waals surface area (Å²) in [7, 11) is 0. The second-order valence-electron chi connectivity index (χ2n) is 11.3. The zero-order valence-electron chi connectivity index (χ0n) is 22.6. The molecule has 1 aromatic heterocycles. The molecule has 1 atom stereocenters. The normalized spacial score (nSPS) is 22.1. The van der Waals surface area contributed by atoms with Crippen molar-refractivity contribution >= 4 is 17.9 Å². The number of rotatable bonds is 4. The highest BCUT2D eigenvalue weighted by Gasteiger charge is 2.36. The lowest BCUT2D eigenvalue weighted by Gasteiger charge is -2.42. The quantitative estimate of drug-likeness (QED) is 0.629. The minimum atomic E-state index is -0.551. The van der Waals surface area contributed by atoms with Gasteiger partial charge in [0, 0.05) is 49.4 Å². The third kappa shape index (κ3) is 6.88. The van der Waals surface area contributed by atoms with Crippen molar-refractivity contribution in [2.75, 3.05) is 19.6 Å². The van der Waals surface area contributed by atoms with E-state index in [1.165, 1.54) is 18.3 Å². The van der Waals surface area contributed by atoms with E-state index in [1.54, 1.807) is 29.2 Å². The van der Waals surface area contributed by atoms with E-state index in [2.05, 4.69) is 10.3 Å². The molecule has 0 spiro atoms. The number of nitrogens with zero attached hydrogens (tertiary/aromatic N) is 3. The topological polar surface area (TPSA) is 91.8 Å². The molecule has 4 rings (SSSR count). The summed E-state index contributed by atoms with van der Waals surface area (Å²) in [4.78, 5) is 46.3. The zero-order valence-corrected chi connectivity index (χ0v) is 22.6. The Bertz CT molecular complexity index is 1160. The molecule has 1 aromatic carbocycles. The van der Waals surface area contributed by atoms with Gasteiger partial charge in [-0.2, -0.15) is 0 Å². The molecular formula is C29H37FN4O4. The Labute approximate surface area is 223 Å². The maximum atomic E-state index is 13.5. The van der Waals surface area contributed by atoms with Crippen molar-refractivity contribution in [3.8, 4) is 11.3 Å². The number of aromatic nitrogens is 1. The number of carbonyl (C=O) groups is 3. The third-order valence-electron chi connectivity index (χ3n) is 7.12. The molecule has 204 valence electrons. The van der Waals surface area contributed by atoms with Crippen LogP contribution >= 0.6 is 0 Å². The molecule has 2 aliphatic rings. The summed E-state index contributed by atoms with van der Waals surface area (Å²) >= 11 is 0. The van der Waals surface area contributed by atoms with Crippen LogP contribution in [-0.2, 0) is 9.53 Å². The second kappa shape index (κ2) is 11.5. The van der Waals surface area contributed by atoms with Crippen LogP contribution in [0.4, 0.5) is 9.18 Å². The predicted molar refractivity (Wildman–Crippen MR) is 142 cm³/mol. The SMILES string of the molecule is C[C@H]1CN(C(=O)OC(C)(C)C)CCN1C(=O)C1CCC(NC(=O)c2ccc(-c3cccc(F)c3)nc2)CC1. The van der Waals surface area contributed by atoms with Crippen molar-refractivity contribution in [2.24, 2.45) is 5.92 Å². The number of benzene rings is 1. The van der Waals surface area contributed by atoms with Gasteiger partial charge in [0.2, 0.25) is 5.91 Å². The second-order valence-corrected chi connectivity index (χ2v) is 11.3. The summed E-state index contributed by atoms with van der Waals surface area (Å²) in [6.45, 7) is 8.90. The number of ether oxygens (including phenoxy) is 1. The van der Waals surface area contributed by atoms with E-state index >= 15 is 0 Å². The average molecular weight is 525 g/mol. The van der Waals surface area contributed by atoms with Crippen LogP contribution in [0.15, 0.2) is 42.6 Å². The number of halogens is 1. The Morgan fingerprint density at radius 3 is 2.39 bits per heavy atom. The third-order valence-corrected chi connectivity index (χ3v) is 7.12. The number of hydrogen-bond acceptors (Lipinski definition) is 5. The lowest BCUT2D eigenvalue weighted by molar-refractivity contribution is -0.141. The number of pyridine rings is 1. The van der Waals surface area contributed by atoms with Gasteiger partial charge in [-0.15, -0.1) is 0 Å². The Morgan fingerprint density at radius 2 is 1.79 bits per heavy atom. The molecule has 1 N–H and O–H groups in total. The van der Waals surface area contributed by atoms with Gasteiger partial charge in [-0.3, -0.25) is 14.6 Å².